The van der Waals surface area contributed by atoms with E-state index in [1.807, 2.05) is 0 Å². The summed E-state index contributed by atoms with van der Waals surface area (Å²) in [5, 5.41) is 0. The van der Waals surface area contributed by atoms with Gasteiger partial charge in [-0.05, 0) is 24.7 Å². The highest BCUT2D eigenvalue weighted by molar-refractivity contribution is 5.11. The van der Waals surface area contributed by atoms with E-state index in [1.54, 1.807) is 0 Å². The van der Waals surface area contributed by atoms with Crippen molar-refractivity contribution in [3.63, 3.8) is 0 Å². The molecule has 0 saturated heterocycles. The Hall–Kier alpha value is -0.520. The summed E-state index contributed by atoms with van der Waals surface area (Å²) in [4.78, 5) is 0. The molecule has 0 aromatic rings. The van der Waals surface area contributed by atoms with E-state index in [9.17, 15) is 0 Å². The summed E-state index contributed by atoms with van der Waals surface area (Å²) >= 11 is 0. The summed E-state index contributed by atoms with van der Waals surface area (Å²) in [5.74, 6) is 1.96. The smallest absolute Gasteiger partial charge is 0.0193 e. The van der Waals surface area contributed by atoms with Gasteiger partial charge in [-0.2, -0.15) is 0 Å². The molecule has 10 heavy (non-hydrogen) atoms. The maximum atomic E-state index is 2.36. The molecular formula is C10H14. The zero-order valence-electron chi connectivity index (χ0n) is 6.29. The minimum Gasteiger partial charge on any atom is -0.0840 e. The maximum absolute atomic E-state index is 2.36. The Morgan fingerprint density at radius 1 is 1.20 bits per heavy atom. The predicted molar refractivity (Wildman–Crippen MR) is 43.7 cm³/mol. The number of hydrogen-bond donors (Lipinski definition) is 0. The number of rotatable bonds is 2. The molecule has 0 heterocycles. The van der Waals surface area contributed by atoms with E-state index in [0.29, 0.717) is 0 Å². The molecule has 1 saturated carbocycles. The number of allylic oxidation sites excluding steroid dienone is 4. The first-order chi connectivity index (χ1) is 4.95. The third-order valence-corrected chi connectivity index (χ3v) is 2.40. The van der Waals surface area contributed by atoms with Crippen LogP contribution in [0.15, 0.2) is 24.3 Å². The van der Waals surface area contributed by atoms with Gasteiger partial charge in [-0.25, -0.2) is 0 Å². The van der Waals surface area contributed by atoms with Crippen molar-refractivity contribution in [3.8, 4) is 0 Å². The van der Waals surface area contributed by atoms with Gasteiger partial charge in [0.15, 0.2) is 0 Å². The molecule has 0 aromatic carbocycles. The van der Waals surface area contributed by atoms with Crippen molar-refractivity contribution >= 4 is 0 Å². The second-order valence-electron chi connectivity index (χ2n) is 3.49. The minimum atomic E-state index is 0.873. The molecule has 0 aromatic heterocycles. The van der Waals surface area contributed by atoms with Gasteiger partial charge in [0.05, 0.1) is 0 Å². The first-order valence-electron chi connectivity index (χ1n) is 4.28. The van der Waals surface area contributed by atoms with Gasteiger partial charge in [-0.3, -0.25) is 0 Å². The monoisotopic (exact) mass is 134 g/mol. The normalized spacial score (nSPS) is 31.0. The average molecular weight is 134 g/mol. The first-order valence-corrected chi connectivity index (χ1v) is 4.28. The highest BCUT2D eigenvalue weighted by atomic mass is 14.3. The Bertz CT molecular complexity index is 161. The zero-order chi connectivity index (χ0) is 6.81. The van der Waals surface area contributed by atoms with Crippen LogP contribution in [0.3, 0.4) is 0 Å². The summed E-state index contributed by atoms with van der Waals surface area (Å²) < 4.78 is 0. The summed E-state index contributed by atoms with van der Waals surface area (Å²) in [6.07, 6.45) is 14.7. The maximum Gasteiger partial charge on any atom is -0.0193 e. The fourth-order valence-corrected chi connectivity index (χ4v) is 1.59. The molecule has 0 nitrogen and oxygen atoms in total. The minimum absolute atomic E-state index is 0.873. The van der Waals surface area contributed by atoms with Gasteiger partial charge >= 0.3 is 0 Å². The third kappa shape index (κ3) is 1.50. The molecule has 2 rings (SSSR count). The van der Waals surface area contributed by atoms with E-state index in [4.69, 9.17) is 0 Å². The lowest BCUT2D eigenvalue weighted by Crippen LogP contribution is -1.97. The molecule has 1 atom stereocenters. The van der Waals surface area contributed by atoms with Crippen LogP contribution in [0.4, 0.5) is 0 Å². The molecule has 0 radical (unpaired) electrons. The molecule has 0 spiro atoms. The molecule has 2 aliphatic rings. The van der Waals surface area contributed by atoms with Gasteiger partial charge in [-0.1, -0.05) is 37.1 Å². The van der Waals surface area contributed by atoms with Gasteiger partial charge in [0.25, 0.3) is 0 Å². The summed E-state index contributed by atoms with van der Waals surface area (Å²) in [6.45, 7) is 0. The van der Waals surface area contributed by atoms with E-state index < -0.39 is 0 Å². The molecule has 0 heteroatoms. The van der Waals surface area contributed by atoms with Crippen LogP contribution in [-0.2, 0) is 0 Å². The summed E-state index contributed by atoms with van der Waals surface area (Å²) in [7, 11) is 0. The average Bonchev–Trinajstić information content (AvgIpc) is 2.74. The highest BCUT2D eigenvalue weighted by Crippen LogP contribution is 2.37. The van der Waals surface area contributed by atoms with Crippen molar-refractivity contribution < 1.29 is 0 Å². The fraction of sp³-hybridized carbons (Fsp3) is 0.600. The zero-order valence-corrected chi connectivity index (χ0v) is 6.29. The van der Waals surface area contributed by atoms with Crippen LogP contribution in [0.25, 0.3) is 0 Å². The predicted octanol–water partition coefficient (Wildman–Crippen LogP) is 2.92. The Kier molecular flexibility index (Phi) is 1.62. The van der Waals surface area contributed by atoms with Gasteiger partial charge in [0, 0.05) is 0 Å². The molecule has 1 unspecified atom stereocenters. The van der Waals surface area contributed by atoms with Gasteiger partial charge in [0.1, 0.15) is 0 Å². The first kappa shape index (κ1) is 6.21. The lowest BCUT2D eigenvalue weighted by molar-refractivity contribution is 0.549. The van der Waals surface area contributed by atoms with Crippen LogP contribution in [0.2, 0.25) is 0 Å². The van der Waals surface area contributed by atoms with Crippen molar-refractivity contribution in [3.05, 3.63) is 24.3 Å². The Labute approximate surface area is 62.6 Å². The lowest BCUT2D eigenvalue weighted by Gasteiger charge is -2.10. The highest BCUT2D eigenvalue weighted by Gasteiger charge is 2.23. The summed E-state index contributed by atoms with van der Waals surface area (Å²) in [5.41, 5.74) is 0. The van der Waals surface area contributed by atoms with Crippen molar-refractivity contribution in [2.75, 3.05) is 0 Å². The molecule has 0 N–H and O–H groups in total. The standard InChI is InChI=1S/C10H14/c1-2-4-9(5-3-1)8-10-6-7-10/h1-4,9-10H,5-8H2. The van der Waals surface area contributed by atoms with Crippen molar-refractivity contribution in [2.45, 2.75) is 25.7 Å². The van der Waals surface area contributed by atoms with Crippen LogP contribution in [0.1, 0.15) is 25.7 Å². The number of hydrogen-bond acceptors (Lipinski definition) is 0. The third-order valence-electron chi connectivity index (χ3n) is 2.40. The second-order valence-corrected chi connectivity index (χ2v) is 3.49. The van der Waals surface area contributed by atoms with Crippen molar-refractivity contribution in [1.82, 2.24) is 0 Å². The molecule has 0 bridgehead atoms. The van der Waals surface area contributed by atoms with E-state index >= 15 is 0 Å². The Balaban J connectivity index is 1.81. The largest absolute Gasteiger partial charge is 0.0840 e. The van der Waals surface area contributed by atoms with Gasteiger partial charge in [0.2, 0.25) is 0 Å². The van der Waals surface area contributed by atoms with Crippen LogP contribution in [0.5, 0.6) is 0 Å². The lowest BCUT2D eigenvalue weighted by atomic mass is 9.95. The van der Waals surface area contributed by atoms with Crippen LogP contribution < -0.4 is 0 Å². The van der Waals surface area contributed by atoms with Crippen molar-refractivity contribution in [2.24, 2.45) is 11.8 Å². The van der Waals surface area contributed by atoms with E-state index in [1.165, 1.54) is 25.7 Å². The summed E-state index contributed by atoms with van der Waals surface area (Å²) in [6, 6.07) is 0. The van der Waals surface area contributed by atoms with Gasteiger partial charge < -0.3 is 0 Å². The molecular weight excluding hydrogens is 120 g/mol. The molecule has 1 fully saturated rings. The molecule has 2 aliphatic carbocycles. The van der Waals surface area contributed by atoms with E-state index in [-0.39, 0.29) is 0 Å². The van der Waals surface area contributed by atoms with E-state index in [2.05, 4.69) is 24.3 Å². The molecule has 0 aliphatic heterocycles. The SMILES string of the molecule is C1=CCC(CC2CC2)C=C1. The molecule has 0 amide bonds. The second kappa shape index (κ2) is 2.61. The van der Waals surface area contributed by atoms with Gasteiger partial charge in [-0.15, -0.1) is 0 Å². The van der Waals surface area contributed by atoms with Crippen molar-refractivity contribution in [1.29, 1.82) is 0 Å². The Morgan fingerprint density at radius 2 is 2.10 bits per heavy atom. The Morgan fingerprint density at radius 3 is 2.70 bits per heavy atom. The van der Waals surface area contributed by atoms with Crippen LogP contribution in [0, 0.1) is 11.8 Å². The van der Waals surface area contributed by atoms with Crippen LogP contribution >= 0.6 is 0 Å². The van der Waals surface area contributed by atoms with E-state index in [0.717, 1.165) is 11.8 Å². The molecule has 54 valence electrons. The quantitative estimate of drug-likeness (QED) is 0.544. The fourth-order valence-electron chi connectivity index (χ4n) is 1.59. The topological polar surface area (TPSA) is 0 Å². The van der Waals surface area contributed by atoms with Crippen LogP contribution in [-0.4, -0.2) is 0 Å².